The van der Waals surface area contributed by atoms with Gasteiger partial charge in [-0.1, -0.05) is 84.9 Å². The minimum atomic E-state index is 0.590. The van der Waals surface area contributed by atoms with Gasteiger partial charge in [-0.2, -0.15) is 0 Å². The van der Waals surface area contributed by atoms with Crippen LogP contribution in [0, 0.1) is 0 Å². The van der Waals surface area contributed by atoms with Crippen molar-refractivity contribution >= 4 is 0 Å². The Morgan fingerprint density at radius 1 is 0.789 bits per heavy atom. The van der Waals surface area contributed by atoms with Crippen molar-refractivity contribution in [2.75, 3.05) is 13.1 Å². The number of pyridine rings is 1. The summed E-state index contributed by atoms with van der Waals surface area (Å²) in [5, 5.41) is 18.0. The smallest absolute Gasteiger partial charge is 0.180 e. The van der Waals surface area contributed by atoms with Crippen LogP contribution in [0.4, 0.5) is 0 Å². The van der Waals surface area contributed by atoms with Crippen molar-refractivity contribution in [3.8, 4) is 33.8 Å². The van der Waals surface area contributed by atoms with E-state index < -0.39 is 0 Å². The van der Waals surface area contributed by atoms with E-state index in [1.807, 2.05) is 24.4 Å². The summed E-state index contributed by atoms with van der Waals surface area (Å²) in [5.41, 5.74) is 7.74. The van der Waals surface area contributed by atoms with E-state index in [0.717, 1.165) is 54.1 Å². The molecule has 6 rings (SSSR count). The highest BCUT2D eigenvalue weighted by Gasteiger charge is 2.19. The molecule has 3 aromatic carbocycles. The highest BCUT2D eigenvalue weighted by molar-refractivity contribution is 5.83. The van der Waals surface area contributed by atoms with Crippen molar-refractivity contribution in [1.29, 1.82) is 0 Å². The second-order valence-electron chi connectivity index (χ2n) is 9.85. The first-order valence-electron chi connectivity index (χ1n) is 13.2. The third-order valence-corrected chi connectivity index (χ3v) is 7.25. The molecule has 0 unspecified atom stereocenters. The van der Waals surface area contributed by atoms with Crippen molar-refractivity contribution in [1.82, 2.24) is 35.8 Å². The van der Waals surface area contributed by atoms with Crippen LogP contribution in [0.2, 0.25) is 0 Å². The van der Waals surface area contributed by atoms with Gasteiger partial charge in [0.25, 0.3) is 0 Å². The Balaban J connectivity index is 1.12. The molecular formula is C31H31N7. The fourth-order valence-corrected chi connectivity index (χ4v) is 5.12. The lowest BCUT2D eigenvalue weighted by Crippen LogP contribution is -2.41. The Bertz CT molecular complexity index is 1430. The highest BCUT2D eigenvalue weighted by Crippen LogP contribution is 2.33. The number of aromatic nitrogens is 5. The summed E-state index contributed by atoms with van der Waals surface area (Å²) in [4.78, 5) is 7.40. The number of benzene rings is 3. The summed E-state index contributed by atoms with van der Waals surface area (Å²) in [6.07, 6.45) is 4.19. The lowest BCUT2D eigenvalue weighted by Gasteiger charge is -2.32. The number of rotatable bonds is 8. The molecule has 5 aromatic rings. The van der Waals surface area contributed by atoms with Gasteiger partial charge in [0.1, 0.15) is 0 Å². The predicted octanol–water partition coefficient (Wildman–Crippen LogP) is 5.35. The molecule has 38 heavy (non-hydrogen) atoms. The number of piperidine rings is 1. The van der Waals surface area contributed by atoms with Crippen molar-refractivity contribution in [2.45, 2.75) is 32.0 Å². The van der Waals surface area contributed by atoms with E-state index in [2.05, 4.69) is 104 Å². The number of H-pyrrole nitrogens is 1. The van der Waals surface area contributed by atoms with Crippen molar-refractivity contribution in [3.05, 3.63) is 108 Å². The van der Waals surface area contributed by atoms with Crippen LogP contribution in [0.5, 0.6) is 0 Å². The SMILES string of the molecule is c1ccc(CNC2CCN(Cc3ccc(-c4ncc(-c5nnn[nH]5)cc4-c4ccccc4)cc3)CC2)cc1. The molecule has 0 aliphatic carbocycles. The number of hydrogen-bond donors (Lipinski definition) is 2. The molecule has 0 radical (unpaired) electrons. The second kappa shape index (κ2) is 11.5. The average molecular weight is 502 g/mol. The molecule has 3 heterocycles. The van der Waals surface area contributed by atoms with Crippen LogP contribution in [-0.4, -0.2) is 49.6 Å². The van der Waals surface area contributed by atoms with E-state index in [-0.39, 0.29) is 0 Å². The van der Waals surface area contributed by atoms with Gasteiger partial charge in [0.05, 0.1) is 5.69 Å². The maximum atomic E-state index is 4.84. The standard InChI is InChI=1S/C31H31N7/c1-3-7-23(8-4-1)20-32-28-15-17-38(18-16-28)22-24-11-13-26(14-12-24)30-29(25-9-5-2-6-10-25)19-27(21-33-30)31-34-36-37-35-31/h1-14,19,21,28,32H,15-18,20,22H2,(H,34,35,36,37). The molecule has 0 amide bonds. The molecule has 2 N–H and O–H groups in total. The van der Waals surface area contributed by atoms with E-state index >= 15 is 0 Å². The van der Waals surface area contributed by atoms with E-state index in [1.165, 1.54) is 24.0 Å². The first kappa shape index (κ1) is 24.2. The Labute approximate surface area is 223 Å². The third kappa shape index (κ3) is 5.69. The summed E-state index contributed by atoms with van der Waals surface area (Å²) in [5.74, 6) is 0.607. The Hall–Kier alpha value is -4.20. The summed E-state index contributed by atoms with van der Waals surface area (Å²) < 4.78 is 0. The minimum Gasteiger partial charge on any atom is -0.310 e. The molecule has 1 saturated heterocycles. The first-order chi connectivity index (χ1) is 18.8. The van der Waals surface area contributed by atoms with Crippen LogP contribution in [0.15, 0.2) is 97.2 Å². The third-order valence-electron chi connectivity index (χ3n) is 7.25. The van der Waals surface area contributed by atoms with Gasteiger partial charge in [0.15, 0.2) is 5.82 Å². The molecule has 0 saturated carbocycles. The quantitative estimate of drug-likeness (QED) is 0.298. The van der Waals surface area contributed by atoms with Crippen LogP contribution >= 0.6 is 0 Å². The monoisotopic (exact) mass is 501 g/mol. The fraction of sp³-hybridized carbons (Fsp3) is 0.226. The van der Waals surface area contributed by atoms with Gasteiger partial charge in [-0.05, 0) is 59.1 Å². The van der Waals surface area contributed by atoms with Gasteiger partial charge < -0.3 is 5.32 Å². The molecule has 1 fully saturated rings. The molecule has 0 bridgehead atoms. The molecule has 1 aliphatic heterocycles. The van der Waals surface area contributed by atoms with Crippen LogP contribution in [0.3, 0.4) is 0 Å². The number of nitrogens with one attached hydrogen (secondary N) is 2. The summed E-state index contributed by atoms with van der Waals surface area (Å²) in [7, 11) is 0. The topological polar surface area (TPSA) is 82.6 Å². The number of aromatic amines is 1. The van der Waals surface area contributed by atoms with Gasteiger partial charge in [-0.15, -0.1) is 5.10 Å². The maximum Gasteiger partial charge on any atom is 0.180 e. The van der Waals surface area contributed by atoms with Gasteiger partial charge in [0, 0.05) is 42.0 Å². The molecule has 190 valence electrons. The van der Waals surface area contributed by atoms with Crippen molar-refractivity contribution in [2.24, 2.45) is 0 Å². The average Bonchev–Trinajstić information content (AvgIpc) is 3.53. The molecule has 7 nitrogen and oxygen atoms in total. The maximum absolute atomic E-state index is 4.84. The molecule has 1 aliphatic rings. The molecular weight excluding hydrogens is 470 g/mol. The van der Waals surface area contributed by atoms with E-state index in [1.54, 1.807) is 0 Å². The second-order valence-corrected chi connectivity index (χ2v) is 9.85. The van der Waals surface area contributed by atoms with Crippen molar-refractivity contribution in [3.63, 3.8) is 0 Å². The molecule has 0 atom stereocenters. The zero-order valence-corrected chi connectivity index (χ0v) is 21.3. The number of tetrazole rings is 1. The molecule has 0 spiro atoms. The Morgan fingerprint density at radius 3 is 2.24 bits per heavy atom. The summed E-state index contributed by atoms with van der Waals surface area (Å²) in [6.45, 7) is 4.15. The Kier molecular flexibility index (Phi) is 7.28. The Morgan fingerprint density at radius 2 is 1.53 bits per heavy atom. The predicted molar refractivity (Wildman–Crippen MR) is 150 cm³/mol. The number of nitrogens with zero attached hydrogens (tertiary/aromatic N) is 5. The zero-order chi connectivity index (χ0) is 25.6. The van der Waals surface area contributed by atoms with E-state index in [4.69, 9.17) is 4.98 Å². The number of likely N-dealkylation sites (tertiary alicyclic amines) is 1. The summed E-state index contributed by atoms with van der Waals surface area (Å²) in [6, 6.07) is 32.5. The van der Waals surface area contributed by atoms with Gasteiger partial charge in [-0.3, -0.25) is 9.88 Å². The lowest BCUT2D eigenvalue weighted by molar-refractivity contribution is 0.190. The van der Waals surface area contributed by atoms with Crippen LogP contribution < -0.4 is 5.32 Å². The minimum absolute atomic E-state index is 0.590. The van der Waals surface area contributed by atoms with Gasteiger partial charge in [-0.25, -0.2) is 5.10 Å². The van der Waals surface area contributed by atoms with Crippen LogP contribution in [-0.2, 0) is 13.1 Å². The van der Waals surface area contributed by atoms with E-state index in [0.29, 0.717) is 11.9 Å². The molecule has 2 aromatic heterocycles. The van der Waals surface area contributed by atoms with Gasteiger partial charge >= 0.3 is 0 Å². The van der Waals surface area contributed by atoms with Crippen LogP contribution in [0.1, 0.15) is 24.0 Å². The van der Waals surface area contributed by atoms with E-state index in [9.17, 15) is 0 Å². The van der Waals surface area contributed by atoms with Crippen LogP contribution in [0.25, 0.3) is 33.8 Å². The normalized spacial score (nSPS) is 14.5. The van der Waals surface area contributed by atoms with Gasteiger partial charge in [0.2, 0.25) is 0 Å². The highest BCUT2D eigenvalue weighted by atomic mass is 15.5. The lowest BCUT2D eigenvalue weighted by atomic mass is 9.97. The van der Waals surface area contributed by atoms with Crippen molar-refractivity contribution < 1.29 is 0 Å². The summed E-state index contributed by atoms with van der Waals surface area (Å²) >= 11 is 0. The number of hydrogen-bond acceptors (Lipinski definition) is 6. The zero-order valence-electron chi connectivity index (χ0n) is 21.3. The molecule has 7 heteroatoms. The first-order valence-corrected chi connectivity index (χ1v) is 13.2. The largest absolute Gasteiger partial charge is 0.310 e. The fourth-order valence-electron chi connectivity index (χ4n) is 5.12.